The molecule has 19 heavy (non-hydrogen) atoms. The number of hydrogen-bond donors (Lipinski definition) is 1. The average Bonchev–Trinajstić information content (AvgIpc) is 2.43. The van der Waals surface area contributed by atoms with Gasteiger partial charge in [-0.15, -0.1) is 0 Å². The van der Waals surface area contributed by atoms with Gasteiger partial charge in [0.25, 0.3) is 5.91 Å². The summed E-state index contributed by atoms with van der Waals surface area (Å²) in [5, 5.41) is 3.11. The van der Waals surface area contributed by atoms with E-state index >= 15 is 0 Å². The zero-order valence-electron chi connectivity index (χ0n) is 11.8. The SMILES string of the molecule is C[C@H]1[C@H](C)CCC[C@@H]1NC(=O)COc1ccccc1. The molecule has 1 aliphatic carbocycles. The summed E-state index contributed by atoms with van der Waals surface area (Å²) in [7, 11) is 0. The van der Waals surface area contributed by atoms with Gasteiger partial charge < -0.3 is 10.1 Å². The van der Waals surface area contributed by atoms with E-state index in [-0.39, 0.29) is 12.5 Å². The highest BCUT2D eigenvalue weighted by Crippen LogP contribution is 2.29. The van der Waals surface area contributed by atoms with Crippen molar-refractivity contribution in [1.82, 2.24) is 5.32 Å². The van der Waals surface area contributed by atoms with Crippen molar-refractivity contribution in [3.05, 3.63) is 30.3 Å². The fourth-order valence-electron chi connectivity index (χ4n) is 2.70. The van der Waals surface area contributed by atoms with Crippen LogP contribution in [0, 0.1) is 11.8 Å². The second-order valence-corrected chi connectivity index (χ2v) is 5.54. The van der Waals surface area contributed by atoms with Gasteiger partial charge in [0.15, 0.2) is 6.61 Å². The van der Waals surface area contributed by atoms with Gasteiger partial charge in [0.2, 0.25) is 0 Å². The molecule has 104 valence electrons. The number of nitrogens with one attached hydrogen (secondary N) is 1. The molecular weight excluding hydrogens is 238 g/mol. The Morgan fingerprint density at radius 1 is 1.26 bits per heavy atom. The standard InChI is InChI=1S/C16H23NO2/c1-12-7-6-10-15(13(12)2)17-16(18)11-19-14-8-4-3-5-9-14/h3-5,8-9,12-13,15H,6-7,10-11H2,1-2H3,(H,17,18)/t12-,13+,15+/m1/s1. The minimum atomic E-state index is -0.0187. The summed E-state index contributed by atoms with van der Waals surface area (Å²) in [4.78, 5) is 11.9. The van der Waals surface area contributed by atoms with Crippen LogP contribution in [0.25, 0.3) is 0 Å². The molecule has 0 spiro atoms. The van der Waals surface area contributed by atoms with Gasteiger partial charge in [0, 0.05) is 6.04 Å². The molecule has 1 aromatic rings. The van der Waals surface area contributed by atoms with Crippen LogP contribution < -0.4 is 10.1 Å². The van der Waals surface area contributed by atoms with Crippen LogP contribution in [0.5, 0.6) is 5.75 Å². The largest absolute Gasteiger partial charge is 0.484 e. The van der Waals surface area contributed by atoms with Crippen LogP contribution in [0.4, 0.5) is 0 Å². The summed E-state index contributed by atoms with van der Waals surface area (Å²) in [6.45, 7) is 4.60. The molecule has 3 atom stereocenters. The van der Waals surface area contributed by atoms with Crippen molar-refractivity contribution in [3.63, 3.8) is 0 Å². The molecule has 0 aliphatic heterocycles. The average molecular weight is 261 g/mol. The fraction of sp³-hybridized carbons (Fsp3) is 0.562. The molecule has 1 aromatic carbocycles. The van der Waals surface area contributed by atoms with Crippen molar-refractivity contribution >= 4 is 5.91 Å². The molecule has 1 fully saturated rings. The second-order valence-electron chi connectivity index (χ2n) is 5.54. The molecule has 3 nitrogen and oxygen atoms in total. The van der Waals surface area contributed by atoms with Gasteiger partial charge in [-0.2, -0.15) is 0 Å². The molecule has 0 heterocycles. The normalized spacial score (nSPS) is 26.7. The van der Waals surface area contributed by atoms with E-state index in [0.717, 1.165) is 12.2 Å². The third-order valence-electron chi connectivity index (χ3n) is 4.17. The molecule has 2 rings (SSSR count). The number of ether oxygens (including phenoxy) is 1. The topological polar surface area (TPSA) is 38.3 Å². The Balaban J connectivity index is 1.78. The van der Waals surface area contributed by atoms with Crippen molar-refractivity contribution in [2.24, 2.45) is 11.8 Å². The molecule has 3 heteroatoms. The summed E-state index contributed by atoms with van der Waals surface area (Å²) in [5.74, 6) is 1.96. The van der Waals surface area contributed by atoms with E-state index in [9.17, 15) is 4.79 Å². The molecule has 1 N–H and O–H groups in total. The molecule has 1 saturated carbocycles. The van der Waals surface area contributed by atoms with Crippen LogP contribution in [-0.2, 0) is 4.79 Å². The first-order chi connectivity index (χ1) is 9.16. The minimum Gasteiger partial charge on any atom is -0.484 e. The van der Waals surface area contributed by atoms with E-state index in [1.165, 1.54) is 12.8 Å². The lowest BCUT2D eigenvalue weighted by molar-refractivity contribution is -0.124. The quantitative estimate of drug-likeness (QED) is 0.904. The molecule has 0 saturated heterocycles. The Labute approximate surface area is 115 Å². The smallest absolute Gasteiger partial charge is 0.258 e. The zero-order valence-corrected chi connectivity index (χ0v) is 11.8. The van der Waals surface area contributed by atoms with Crippen molar-refractivity contribution in [3.8, 4) is 5.75 Å². The first-order valence-electron chi connectivity index (χ1n) is 7.14. The van der Waals surface area contributed by atoms with Crippen LogP contribution in [0.3, 0.4) is 0 Å². The van der Waals surface area contributed by atoms with Gasteiger partial charge in [0.05, 0.1) is 0 Å². The van der Waals surface area contributed by atoms with Crippen LogP contribution >= 0.6 is 0 Å². The lowest BCUT2D eigenvalue weighted by Gasteiger charge is -2.34. The van der Waals surface area contributed by atoms with Gasteiger partial charge in [-0.3, -0.25) is 4.79 Å². The van der Waals surface area contributed by atoms with Gasteiger partial charge in [0.1, 0.15) is 5.75 Å². The van der Waals surface area contributed by atoms with Crippen molar-refractivity contribution in [1.29, 1.82) is 0 Å². The number of benzene rings is 1. The highest BCUT2D eigenvalue weighted by Gasteiger charge is 2.28. The predicted molar refractivity (Wildman–Crippen MR) is 76.0 cm³/mol. The van der Waals surface area contributed by atoms with Gasteiger partial charge >= 0.3 is 0 Å². The third kappa shape index (κ3) is 3.98. The van der Waals surface area contributed by atoms with Crippen molar-refractivity contribution < 1.29 is 9.53 Å². The molecule has 0 aromatic heterocycles. The maximum atomic E-state index is 11.9. The lowest BCUT2D eigenvalue weighted by Crippen LogP contribution is -2.45. The molecule has 0 radical (unpaired) electrons. The highest BCUT2D eigenvalue weighted by molar-refractivity contribution is 5.77. The number of carbonyl (C=O) groups is 1. The van der Waals surface area contributed by atoms with Crippen LogP contribution in [0.1, 0.15) is 33.1 Å². The summed E-state index contributed by atoms with van der Waals surface area (Å²) in [5.41, 5.74) is 0. The van der Waals surface area contributed by atoms with E-state index in [2.05, 4.69) is 19.2 Å². The van der Waals surface area contributed by atoms with Crippen LogP contribution in [0.15, 0.2) is 30.3 Å². The zero-order chi connectivity index (χ0) is 13.7. The maximum absolute atomic E-state index is 11.9. The Hall–Kier alpha value is -1.51. The van der Waals surface area contributed by atoms with Crippen molar-refractivity contribution in [2.75, 3.05) is 6.61 Å². The van der Waals surface area contributed by atoms with Crippen LogP contribution in [0.2, 0.25) is 0 Å². The summed E-state index contributed by atoms with van der Waals surface area (Å²) >= 11 is 0. The Bertz CT molecular complexity index is 404. The number of para-hydroxylation sites is 1. The lowest BCUT2D eigenvalue weighted by atomic mass is 9.78. The van der Waals surface area contributed by atoms with Crippen molar-refractivity contribution in [2.45, 2.75) is 39.2 Å². The van der Waals surface area contributed by atoms with E-state index in [0.29, 0.717) is 17.9 Å². The summed E-state index contributed by atoms with van der Waals surface area (Å²) in [6, 6.07) is 9.75. The number of amides is 1. The highest BCUT2D eigenvalue weighted by atomic mass is 16.5. The molecule has 0 bridgehead atoms. The van der Waals surface area contributed by atoms with E-state index in [1.807, 2.05) is 30.3 Å². The number of rotatable bonds is 4. The molecular formula is C16H23NO2. The second kappa shape index (κ2) is 6.60. The molecule has 1 aliphatic rings. The van der Waals surface area contributed by atoms with E-state index in [4.69, 9.17) is 4.74 Å². The van der Waals surface area contributed by atoms with Gasteiger partial charge in [-0.05, 0) is 30.4 Å². The first kappa shape index (κ1) is 13.9. The predicted octanol–water partition coefficient (Wildman–Crippen LogP) is 3.01. The minimum absolute atomic E-state index is 0.0187. The van der Waals surface area contributed by atoms with E-state index < -0.39 is 0 Å². The Kier molecular flexibility index (Phi) is 4.83. The number of carbonyl (C=O) groups excluding carboxylic acids is 1. The van der Waals surface area contributed by atoms with Gasteiger partial charge in [-0.25, -0.2) is 0 Å². The first-order valence-corrected chi connectivity index (χ1v) is 7.14. The van der Waals surface area contributed by atoms with Crippen LogP contribution in [-0.4, -0.2) is 18.6 Å². The fourth-order valence-corrected chi connectivity index (χ4v) is 2.70. The van der Waals surface area contributed by atoms with E-state index in [1.54, 1.807) is 0 Å². The number of hydrogen-bond acceptors (Lipinski definition) is 2. The Morgan fingerprint density at radius 3 is 2.74 bits per heavy atom. The summed E-state index contributed by atoms with van der Waals surface area (Å²) in [6.07, 6.45) is 3.56. The maximum Gasteiger partial charge on any atom is 0.258 e. The summed E-state index contributed by atoms with van der Waals surface area (Å²) < 4.78 is 5.46. The third-order valence-corrected chi connectivity index (χ3v) is 4.17. The monoisotopic (exact) mass is 261 g/mol. The molecule has 1 amide bonds. The molecule has 0 unspecified atom stereocenters. The van der Waals surface area contributed by atoms with Gasteiger partial charge in [-0.1, -0.05) is 44.9 Å². The Morgan fingerprint density at radius 2 is 2.00 bits per heavy atom.